The SMILES string of the molecule is CC(Oc1ccc(/C=C/C(=O)O)cc1F)C(N)=O. The summed E-state index contributed by atoms with van der Waals surface area (Å²) >= 11 is 0. The van der Waals surface area contributed by atoms with E-state index in [1.807, 2.05) is 0 Å². The molecule has 1 rings (SSSR count). The third kappa shape index (κ3) is 3.89. The second kappa shape index (κ2) is 5.81. The number of amides is 1. The van der Waals surface area contributed by atoms with E-state index in [9.17, 15) is 14.0 Å². The summed E-state index contributed by atoms with van der Waals surface area (Å²) in [7, 11) is 0. The van der Waals surface area contributed by atoms with Gasteiger partial charge in [-0.25, -0.2) is 9.18 Å². The molecule has 1 aromatic rings. The molecule has 0 radical (unpaired) electrons. The van der Waals surface area contributed by atoms with Gasteiger partial charge in [0.05, 0.1) is 0 Å². The topological polar surface area (TPSA) is 89.6 Å². The largest absolute Gasteiger partial charge is 0.478 e. The fourth-order valence-electron chi connectivity index (χ4n) is 1.13. The van der Waals surface area contributed by atoms with Crippen LogP contribution in [0, 0.1) is 5.82 Å². The van der Waals surface area contributed by atoms with E-state index in [4.69, 9.17) is 15.6 Å². The Balaban J connectivity index is 2.86. The molecule has 1 amide bonds. The average Bonchev–Trinajstić information content (AvgIpc) is 2.29. The lowest BCUT2D eigenvalue weighted by Crippen LogP contribution is -2.30. The molecule has 1 atom stereocenters. The first-order valence-electron chi connectivity index (χ1n) is 5.06. The minimum atomic E-state index is -1.13. The van der Waals surface area contributed by atoms with Crippen molar-refractivity contribution in [1.82, 2.24) is 0 Å². The Hall–Kier alpha value is -2.37. The van der Waals surface area contributed by atoms with E-state index in [1.165, 1.54) is 25.1 Å². The minimum absolute atomic E-state index is 0.117. The fraction of sp³-hybridized carbons (Fsp3) is 0.167. The molecule has 0 aliphatic rings. The van der Waals surface area contributed by atoms with Gasteiger partial charge in [0, 0.05) is 6.08 Å². The van der Waals surface area contributed by atoms with Gasteiger partial charge in [-0.15, -0.1) is 0 Å². The number of carbonyl (C=O) groups is 2. The third-order valence-corrected chi connectivity index (χ3v) is 2.08. The Bertz CT molecular complexity index is 499. The molecule has 3 N–H and O–H groups in total. The lowest BCUT2D eigenvalue weighted by atomic mass is 10.2. The number of ether oxygens (including phenoxy) is 1. The zero-order chi connectivity index (χ0) is 13.7. The molecule has 0 heterocycles. The molecule has 0 aliphatic heterocycles. The summed E-state index contributed by atoms with van der Waals surface area (Å²) in [5.74, 6) is -2.65. The first-order chi connectivity index (χ1) is 8.40. The molecule has 0 aliphatic carbocycles. The van der Waals surface area contributed by atoms with Crippen LogP contribution in [0.4, 0.5) is 4.39 Å². The van der Waals surface area contributed by atoms with Crippen LogP contribution in [0.5, 0.6) is 5.75 Å². The number of benzene rings is 1. The number of hydrogen-bond donors (Lipinski definition) is 2. The van der Waals surface area contributed by atoms with Crippen LogP contribution in [0.2, 0.25) is 0 Å². The van der Waals surface area contributed by atoms with Gasteiger partial charge in [0.25, 0.3) is 5.91 Å². The summed E-state index contributed by atoms with van der Waals surface area (Å²) in [6, 6.07) is 3.87. The van der Waals surface area contributed by atoms with Crippen LogP contribution in [-0.2, 0) is 9.59 Å². The normalized spacial score (nSPS) is 12.3. The number of carboxylic acids is 1. The van der Waals surface area contributed by atoms with E-state index in [0.717, 1.165) is 12.1 Å². The first-order valence-corrected chi connectivity index (χ1v) is 5.06. The Morgan fingerprint density at radius 1 is 1.50 bits per heavy atom. The summed E-state index contributed by atoms with van der Waals surface area (Å²) in [4.78, 5) is 21.0. The molecule has 6 heteroatoms. The first kappa shape index (κ1) is 13.7. The summed E-state index contributed by atoms with van der Waals surface area (Å²) in [5.41, 5.74) is 5.35. The quantitative estimate of drug-likeness (QED) is 0.771. The summed E-state index contributed by atoms with van der Waals surface area (Å²) in [6.07, 6.45) is 1.19. The number of rotatable bonds is 5. The van der Waals surface area contributed by atoms with Gasteiger partial charge >= 0.3 is 5.97 Å². The van der Waals surface area contributed by atoms with Crippen molar-refractivity contribution in [2.24, 2.45) is 5.73 Å². The number of primary amides is 1. The molecular weight excluding hydrogens is 241 g/mol. The molecule has 0 saturated carbocycles. The van der Waals surface area contributed by atoms with Gasteiger partial charge in [-0.3, -0.25) is 4.79 Å². The second-order valence-electron chi connectivity index (χ2n) is 3.52. The molecule has 0 bridgehead atoms. The highest BCUT2D eigenvalue weighted by Crippen LogP contribution is 2.20. The van der Waals surface area contributed by atoms with Crippen molar-refractivity contribution in [2.45, 2.75) is 13.0 Å². The van der Waals surface area contributed by atoms with Gasteiger partial charge in [-0.2, -0.15) is 0 Å². The van der Waals surface area contributed by atoms with Crippen molar-refractivity contribution in [3.8, 4) is 5.75 Å². The van der Waals surface area contributed by atoms with Crippen LogP contribution in [0.3, 0.4) is 0 Å². The Kier molecular flexibility index (Phi) is 4.42. The predicted molar refractivity (Wildman–Crippen MR) is 62.4 cm³/mol. The number of nitrogens with two attached hydrogens (primary N) is 1. The van der Waals surface area contributed by atoms with Crippen LogP contribution in [0.1, 0.15) is 12.5 Å². The second-order valence-corrected chi connectivity index (χ2v) is 3.52. The molecule has 1 unspecified atom stereocenters. The van der Waals surface area contributed by atoms with Crippen molar-refractivity contribution in [3.05, 3.63) is 35.7 Å². The molecular formula is C12H12FNO4. The molecule has 1 aromatic carbocycles. The van der Waals surface area contributed by atoms with E-state index >= 15 is 0 Å². The van der Waals surface area contributed by atoms with Gasteiger partial charge in [-0.05, 0) is 30.7 Å². The molecule has 0 saturated heterocycles. The number of carbonyl (C=O) groups excluding carboxylic acids is 1. The third-order valence-electron chi connectivity index (χ3n) is 2.08. The van der Waals surface area contributed by atoms with Gasteiger partial charge < -0.3 is 15.6 Å². The molecule has 0 fully saturated rings. The van der Waals surface area contributed by atoms with Crippen molar-refractivity contribution in [3.63, 3.8) is 0 Å². The maximum Gasteiger partial charge on any atom is 0.328 e. The standard InChI is InChI=1S/C12H12FNO4/c1-7(12(14)17)18-10-4-2-8(6-9(10)13)3-5-11(15)16/h2-7H,1H3,(H2,14,17)(H,15,16)/b5-3+. The number of hydrogen-bond acceptors (Lipinski definition) is 3. The van der Waals surface area contributed by atoms with Gasteiger partial charge in [0.15, 0.2) is 17.7 Å². The van der Waals surface area contributed by atoms with Crippen LogP contribution in [-0.4, -0.2) is 23.1 Å². The van der Waals surface area contributed by atoms with E-state index in [0.29, 0.717) is 5.56 Å². The highest BCUT2D eigenvalue weighted by Gasteiger charge is 2.13. The molecule has 0 spiro atoms. The smallest absolute Gasteiger partial charge is 0.328 e. The molecule has 96 valence electrons. The van der Waals surface area contributed by atoms with Gasteiger partial charge in [-0.1, -0.05) is 6.07 Å². The van der Waals surface area contributed by atoms with Crippen molar-refractivity contribution in [2.75, 3.05) is 0 Å². The Morgan fingerprint density at radius 3 is 2.67 bits per heavy atom. The Morgan fingerprint density at radius 2 is 2.17 bits per heavy atom. The van der Waals surface area contributed by atoms with Crippen molar-refractivity contribution in [1.29, 1.82) is 0 Å². The number of aliphatic carboxylic acids is 1. The lowest BCUT2D eigenvalue weighted by molar-refractivity contribution is -0.131. The highest BCUT2D eigenvalue weighted by molar-refractivity contribution is 5.85. The van der Waals surface area contributed by atoms with Crippen LogP contribution >= 0.6 is 0 Å². The monoisotopic (exact) mass is 253 g/mol. The lowest BCUT2D eigenvalue weighted by Gasteiger charge is -2.11. The number of halogens is 1. The summed E-state index contributed by atoms with van der Waals surface area (Å²) in [5, 5.41) is 8.42. The van der Waals surface area contributed by atoms with Gasteiger partial charge in [0.1, 0.15) is 0 Å². The van der Waals surface area contributed by atoms with Gasteiger partial charge in [0.2, 0.25) is 0 Å². The van der Waals surface area contributed by atoms with E-state index in [-0.39, 0.29) is 5.75 Å². The zero-order valence-electron chi connectivity index (χ0n) is 9.59. The molecule has 18 heavy (non-hydrogen) atoms. The maximum atomic E-state index is 13.5. The molecule has 0 aromatic heterocycles. The maximum absolute atomic E-state index is 13.5. The summed E-state index contributed by atoms with van der Waals surface area (Å²) < 4.78 is 18.5. The van der Waals surface area contributed by atoms with Crippen molar-refractivity contribution >= 4 is 18.0 Å². The summed E-state index contributed by atoms with van der Waals surface area (Å²) in [6.45, 7) is 1.40. The highest BCUT2D eigenvalue weighted by atomic mass is 19.1. The van der Waals surface area contributed by atoms with Crippen molar-refractivity contribution < 1.29 is 23.8 Å². The van der Waals surface area contributed by atoms with E-state index in [1.54, 1.807) is 0 Å². The minimum Gasteiger partial charge on any atom is -0.478 e. The van der Waals surface area contributed by atoms with Crippen LogP contribution in [0.25, 0.3) is 6.08 Å². The molecule has 5 nitrogen and oxygen atoms in total. The average molecular weight is 253 g/mol. The van der Waals surface area contributed by atoms with Crippen LogP contribution in [0.15, 0.2) is 24.3 Å². The van der Waals surface area contributed by atoms with E-state index in [2.05, 4.69) is 0 Å². The van der Waals surface area contributed by atoms with E-state index < -0.39 is 23.8 Å². The zero-order valence-corrected chi connectivity index (χ0v) is 9.59. The predicted octanol–water partition coefficient (Wildman–Crippen LogP) is 1.18. The van der Waals surface area contributed by atoms with Crippen LogP contribution < -0.4 is 10.5 Å². The Labute approximate surface area is 103 Å². The number of carboxylic acid groups (broad SMARTS) is 1. The fourth-order valence-corrected chi connectivity index (χ4v) is 1.13.